The molecule has 78 heavy (non-hydrogen) atoms. The number of para-hydroxylation sites is 10. The van der Waals surface area contributed by atoms with E-state index in [2.05, 4.69) is 304 Å². The van der Waals surface area contributed by atoms with E-state index in [-0.39, 0.29) is 13.4 Å². The minimum Gasteiger partial charge on any atom is -0.312 e. The molecular formula is C71H47B2N5. The van der Waals surface area contributed by atoms with E-state index in [4.69, 9.17) is 4.98 Å². The van der Waals surface area contributed by atoms with Crippen LogP contribution < -0.4 is 42.6 Å². The van der Waals surface area contributed by atoms with Gasteiger partial charge in [0.2, 0.25) is 13.4 Å². The van der Waals surface area contributed by atoms with E-state index in [9.17, 15) is 0 Å². The molecule has 2 aliphatic heterocycles. The van der Waals surface area contributed by atoms with Crippen molar-refractivity contribution in [2.24, 2.45) is 0 Å². The van der Waals surface area contributed by atoms with Crippen LogP contribution in [0.3, 0.4) is 0 Å². The topological polar surface area (TPSA) is 29.2 Å². The van der Waals surface area contributed by atoms with Crippen molar-refractivity contribution in [3.63, 3.8) is 0 Å². The Morgan fingerprint density at radius 1 is 0.269 bits per heavy atom. The number of aromatic nitrogens is 3. The number of nitrogens with zero attached hydrogens (tertiary/aromatic N) is 5. The second-order valence-corrected chi connectivity index (χ2v) is 20.6. The predicted octanol–water partition coefficient (Wildman–Crippen LogP) is 13.5. The summed E-state index contributed by atoms with van der Waals surface area (Å²) >= 11 is 0. The molecule has 2 aliphatic rings. The largest absolute Gasteiger partial charge is 0.312 e. The summed E-state index contributed by atoms with van der Waals surface area (Å²) in [6.07, 6.45) is 2.19. The lowest BCUT2D eigenvalue weighted by Crippen LogP contribution is -2.58. The minimum atomic E-state index is -0.168. The molecule has 0 unspecified atom stereocenters. The van der Waals surface area contributed by atoms with E-state index in [1.165, 1.54) is 60.2 Å². The molecule has 362 valence electrons. The molecule has 7 heteroatoms. The molecule has 0 aliphatic carbocycles. The lowest BCUT2D eigenvalue weighted by Gasteiger charge is -2.37. The Bertz CT molecular complexity index is 4480. The zero-order valence-corrected chi connectivity index (χ0v) is 42.5. The third-order valence-electron chi connectivity index (χ3n) is 16.5. The van der Waals surface area contributed by atoms with Crippen molar-refractivity contribution in [3.8, 4) is 22.6 Å². The van der Waals surface area contributed by atoms with Crippen LogP contribution >= 0.6 is 0 Å². The van der Waals surface area contributed by atoms with Gasteiger partial charge in [-0.3, -0.25) is 4.57 Å². The summed E-state index contributed by atoms with van der Waals surface area (Å²) in [6.45, 7) is -0.233. The van der Waals surface area contributed by atoms with Crippen molar-refractivity contribution in [2.45, 2.75) is 0 Å². The van der Waals surface area contributed by atoms with Gasteiger partial charge in [-0.05, 0) is 118 Å². The number of benzene rings is 11. The summed E-state index contributed by atoms with van der Waals surface area (Å²) in [6, 6.07) is 103. The van der Waals surface area contributed by atoms with Crippen LogP contribution in [0, 0.1) is 0 Å². The summed E-state index contributed by atoms with van der Waals surface area (Å²) in [7, 11) is 0. The second kappa shape index (κ2) is 17.8. The predicted molar refractivity (Wildman–Crippen MR) is 330 cm³/mol. The van der Waals surface area contributed by atoms with Gasteiger partial charge in [0.15, 0.2) is 0 Å². The van der Waals surface area contributed by atoms with Gasteiger partial charge in [-0.25, -0.2) is 4.98 Å². The molecular weight excluding hydrogens is 944 g/mol. The molecule has 0 N–H and O–H groups in total. The van der Waals surface area contributed by atoms with Gasteiger partial charge >= 0.3 is 0 Å². The zero-order chi connectivity index (χ0) is 51.3. The Balaban J connectivity index is 1.01. The third kappa shape index (κ3) is 6.68. The van der Waals surface area contributed by atoms with Gasteiger partial charge in [-0.1, -0.05) is 200 Å². The second-order valence-electron chi connectivity index (χ2n) is 20.6. The minimum absolute atomic E-state index is 0.0654. The maximum Gasteiger partial charge on any atom is 0.249 e. The summed E-state index contributed by atoms with van der Waals surface area (Å²) < 4.78 is 4.89. The highest BCUT2D eigenvalue weighted by Crippen LogP contribution is 2.41. The Kier molecular flexibility index (Phi) is 10.1. The molecule has 0 bridgehead atoms. The summed E-state index contributed by atoms with van der Waals surface area (Å²) in [5.41, 5.74) is 22.1. The third-order valence-corrected chi connectivity index (χ3v) is 16.5. The zero-order valence-electron chi connectivity index (χ0n) is 42.5. The Morgan fingerprint density at radius 3 is 1.09 bits per heavy atom. The molecule has 0 fully saturated rings. The first-order valence-corrected chi connectivity index (χ1v) is 26.9. The van der Waals surface area contributed by atoms with Crippen LogP contribution in [0.2, 0.25) is 0 Å². The molecule has 14 aromatic rings. The normalized spacial score (nSPS) is 12.8. The number of hydrogen-bond donors (Lipinski definition) is 0. The van der Waals surface area contributed by atoms with E-state index in [1.807, 2.05) is 0 Å². The quantitative estimate of drug-likeness (QED) is 0.149. The van der Waals surface area contributed by atoms with E-state index >= 15 is 0 Å². The fraction of sp³-hybridized carbons (Fsp3) is 0. The van der Waals surface area contributed by atoms with Crippen LogP contribution in [0.5, 0.6) is 0 Å². The molecule has 0 spiro atoms. The number of rotatable bonds is 7. The van der Waals surface area contributed by atoms with Crippen molar-refractivity contribution in [3.05, 3.63) is 285 Å². The van der Waals surface area contributed by atoms with Crippen LogP contribution in [0.15, 0.2) is 285 Å². The summed E-state index contributed by atoms with van der Waals surface area (Å²) in [5.74, 6) is 0.864. The average Bonchev–Trinajstić information content (AvgIpc) is 4.07. The standard InChI is InChI=1S/C71H47B2N5/c1-3-23-49(24-4-1)75-66-39-19-11-31-57(66)72(58-32-12-20-40-67(58)75)48-43-44-55(70(45-48)77-62-35-15-7-27-51(62)52-28-8-16-36-63(52)77)56-46-71(78-64-37-17-9-29-53(64)54-30-10-18-38-65(54)78)74-47-61(56)73-59-33-13-21-41-68(59)76(50-25-5-2-6-26-50)69-42-22-14-34-60(69)73/h1-47H. The maximum atomic E-state index is 5.61. The Labute approximate surface area is 453 Å². The van der Waals surface area contributed by atoms with Crippen molar-refractivity contribution in [2.75, 3.05) is 9.80 Å². The molecule has 0 amide bonds. The highest BCUT2D eigenvalue weighted by Gasteiger charge is 2.39. The van der Waals surface area contributed by atoms with Gasteiger partial charge in [0.05, 0.1) is 27.8 Å². The molecule has 11 aromatic carbocycles. The summed E-state index contributed by atoms with van der Waals surface area (Å²) in [5, 5.41) is 4.83. The fourth-order valence-corrected chi connectivity index (χ4v) is 13.3. The monoisotopic (exact) mass is 991 g/mol. The number of fused-ring (bicyclic) bond motifs is 10. The van der Waals surface area contributed by atoms with E-state index in [0.717, 1.165) is 72.9 Å². The van der Waals surface area contributed by atoms with Crippen molar-refractivity contribution in [1.82, 2.24) is 14.1 Å². The maximum absolute atomic E-state index is 5.61. The van der Waals surface area contributed by atoms with Crippen LogP contribution in [-0.2, 0) is 0 Å². The van der Waals surface area contributed by atoms with Gasteiger partial charge in [0, 0.05) is 67.4 Å². The first-order chi connectivity index (χ1) is 38.8. The van der Waals surface area contributed by atoms with Gasteiger partial charge in [-0.2, -0.15) is 0 Å². The van der Waals surface area contributed by atoms with Gasteiger partial charge < -0.3 is 14.4 Å². The molecule has 16 rings (SSSR count). The first-order valence-electron chi connectivity index (χ1n) is 26.9. The lowest BCUT2D eigenvalue weighted by molar-refractivity contribution is 1.08. The van der Waals surface area contributed by atoms with Crippen LogP contribution in [0.25, 0.3) is 66.2 Å². The number of hydrogen-bond acceptors (Lipinski definition) is 3. The highest BCUT2D eigenvalue weighted by atomic mass is 15.2. The van der Waals surface area contributed by atoms with Crippen molar-refractivity contribution in [1.29, 1.82) is 0 Å². The number of anilines is 6. The van der Waals surface area contributed by atoms with Gasteiger partial charge in [-0.15, -0.1) is 0 Å². The van der Waals surface area contributed by atoms with Gasteiger partial charge in [0.25, 0.3) is 0 Å². The molecule has 0 radical (unpaired) electrons. The summed E-state index contributed by atoms with van der Waals surface area (Å²) in [4.78, 5) is 10.5. The fourth-order valence-electron chi connectivity index (χ4n) is 13.3. The lowest BCUT2D eigenvalue weighted by atomic mass is 9.34. The Morgan fingerprint density at radius 2 is 0.641 bits per heavy atom. The van der Waals surface area contributed by atoms with E-state index < -0.39 is 0 Å². The molecule has 3 aromatic heterocycles. The van der Waals surface area contributed by atoms with Crippen LogP contribution in [0.4, 0.5) is 34.1 Å². The number of pyridine rings is 1. The van der Waals surface area contributed by atoms with E-state index in [0.29, 0.717) is 0 Å². The molecule has 0 atom stereocenters. The SMILES string of the molecule is c1ccc(N2c3ccccc3B(c3ccc(-c4cc(-n5c6ccccc6c6ccccc65)ncc4B4c5ccccc5N(c5ccccc5)c5ccccc54)c(-n4c5ccccc5c5ccccc54)c3)c3ccccc32)cc1. The highest BCUT2D eigenvalue weighted by molar-refractivity contribution is 6.99. The molecule has 5 nitrogen and oxygen atoms in total. The smallest absolute Gasteiger partial charge is 0.249 e. The van der Waals surface area contributed by atoms with Crippen molar-refractivity contribution < 1.29 is 0 Å². The van der Waals surface area contributed by atoms with Crippen molar-refractivity contribution >= 4 is 124 Å². The van der Waals surface area contributed by atoms with E-state index in [1.54, 1.807) is 0 Å². The first kappa shape index (κ1) is 44.2. The molecule has 0 saturated carbocycles. The van der Waals surface area contributed by atoms with Crippen LogP contribution in [0.1, 0.15) is 0 Å². The molecule has 5 heterocycles. The average molecular weight is 992 g/mol. The molecule has 0 saturated heterocycles. The Hall–Kier alpha value is -10.1. The van der Waals surface area contributed by atoms with Gasteiger partial charge in [0.1, 0.15) is 5.82 Å². The van der Waals surface area contributed by atoms with Crippen LogP contribution in [-0.4, -0.2) is 27.5 Å².